The third-order valence-electron chi connectivity index (χ3n) is 4.13. The maximum absolute atomic E-state index is 6.06. The van der Waals surface area contributed by atoms with Gasteiger partial charge in [-0.05, 0) is 26.2 Å². The molecular weight excluding hydrogens is 240 g/mol. The first kappa shape index (κ1) is 13.1. The van der Waals surface area contributed by atoms with Crippen LogP contribution < -0.4 is 5.73 Å². The maximum Gasteiger partial charge on any atom is 0.0951 e. The zero-order valence-corrected chi connectivity index (χ0v) is 11.7. The molecule has 106 valence electrons. The lowest BCUT2D eigenvalue weighted by Gasteiger charge is -2.31. The molecule has 19 heavy (non-hydrogen) atoms. The minimum atomic E-state index is 0.271. The van der Waals surface area contributed by atoms with Crippen LogP contribution in [-0.4, -0.2) is 46.8 Å². The van der Waals surface area contributed by atoms with Crippen LogP contribution in [-0.2, 0) is 4.74 Å². The minimum absolute atomic E-state index is 0.271. The average molecular weight is 264 g/mol. The molecule has 2 fully saturated rings. The van der Waals surface area contributed by atoms with Crippen LogP contribution in [0.2, 0.25) is 0 Å². The summed E-state index contributed by atoms with van der Waals surface area (Å²) in [5, 5.41) is 0. The van der Waals surface area contributed by atoms with Crippen molar-refractivity contribution in [1.29, 1.82) is 0 Å². The molecule has 5 nitrogen and oxygen atoms in total. The largest absolute Gasteiger partial charge is 0.377 e. The van der Waals surface area contributed by atoms with Crippen LogP contribution in [0.3, 0.4) is 0 Å². The Hall–Kier alpha value is -0.910. The summed E-state index contributed by atoms with van der Waals surface area (Å²) in [7, 11) is 0. The van der Waals surface area contributed by atoms with Crippen LogP contribution in [0.25, 0.3) is 0 Å². The summed E-state index contributed by atoms with van der Waals surface area (Å²) >= 11 is 0. The maximum atomic E-state index is 6.06. The molecule has 1 aromatic rings. The van der Waals surface area contributed by atoms with Gasteiger partial charge in [0.05, 0.1) is 24.2 Å². The highest BCUT2D eigenvalue weighted by Gasteiger charge is 2.30. The summed E-state index contributed by atoms with van der Waals surface area (Å²) in [4.78, 5) is 6.80. The van der Waals surface area contributed by atoms with E-state index in [1.807, 2.05) is 12.5 Å². The molecule has 0 aromatic carbocycles. The van der Waals surface area contributed by atoms with Crippen LogP contribution in [0.15, 0.2) is 12.5 Å². The van der Waals surface area contributed by atoms with Gasteiger partial charge in [-0.3, -0.25) is 4.90 Å². The van der Waals surface area contributed by atoms with Gasteiger partial charge < -0.3 is 15.0 Å². The number of aromatic nitrogens is 2. The molecule has 1 saturated heterocycles. The first-order valence-corrected chi connectivity index (χ1v) is 7.37. The fraction of sp³-hybridized carbons (Fsp3) is 0.786. The van der Waals surface area contributed by atoms with E-state index >= 15 is 0 Å². The minimum Gasteiger partial charge on any atom is -0.377 e. The third-order valence-corrected chi connectivity index (χ3v) is 4.13. The van der Waals surface area contributed by atoms with E-state index in [1.54, 1.807) is 0 Å². The van der Waals surface area contributed by atoms with Crippen LogP contribution in [0, 0.1) is 0 Å². The van der Waals surface area contributed by atoms with E-state index in [9.17, 15) is 0 Å². The SMILES string of the molecule is CC1CN(C(CN)c2cncn2C2CC2)CCCO1. The molecule has 0 bridgehead atoms. The van der Waals surface area contributed by atoms with E-state index in [0.29, 0.717) is 12.6 Å². The lowest BCUT2D eigenvalue weighted by Crippen LogP contribution is -2.38. The molecular formula is C14H24N4O. The summed E-state index contributed by atoms with van der Waals surface area (Å²) < 4.78 is 8.06. The second kappa shape index (κ2) is 5.61. The molecule has 2 heterocycles. The summed E-state index contributed by atoms with van der Waals surface area (Å²) in [6.07, 6.45) is 7.88. The quantitative estimate of drug-likeness (QED) is 0.891. The van der Waals surface area contributed by atoms with E-state index in [1.165, 1.54) is 18.5 Å². The molecule has 0 spiro atoms. The predicted molar refractivity (Wildman–Crippen MR) is 73.9 cm³/mol. The normalized spacial score (nSPS) is 27.2. The van der Waals surface area contributed by atoms with Crippen molar-refractivity contribution in [3.05, 3.63) is 18.2 Å². The highest BCUT2D eigenvalue weighted by molar-refractivity contribution is 5.10. The Morgan fingerprint density at radius 3 is 3.11 bits per heavy atom. The van der Waals surface area contributed by atoms with Crippen molar-refractivity contribution < 1.29 is 4.74 Å². The monoisotopic (exact) mass is 264 g/mol. The molecule has 2 aliphatic rings. The lowest BCUT2D eigenvalue weighted by molar-refractivity contribution is 0.0605. The topological polar surface area (TPSA) is 56.3 Å². The van der Waals surface area contributed by atoms with E-state index in [0.717, 1.165) is 26.1 Å². The zero-order valence-electron chi connectivity index (χ0n) is 11.7. The molecule has 2 unspecified atom stereocenters. The Balaban J connectivity index is 1.80. The van der Waals surface area contributed by atoms with Gasteiger partial charge in [0.2, 0.25) is 0 Å². The molecule has 0 amide bonds. The number of hydrogen-bond acceptors (Lipinski definition) is 4. The van der Waals surface area contributed by atoms with Crippen LogP contribution >= 0.6 is 0 Å². The lowest BCUT2D eigenvalue weighted by atomic mass is 10.1. The highest BCUT2D eigenvalue weighted by Crippen LogP contribution is 2.37. The second-order valence-electron chi connectivity index (χ2n) is 5.74. The van der Waals surface area contributed by atoms with Crippen molar-refractivity contribution in [2.75, 3.05) is 26.2 Å². The van der Waals surface area contributed by atoms with Gasteiger partial charge in [-0.25, -0.2) is 4.98 Å². The summed E-state index contributed by atoms with van der Waals surface area (Å²) in [5.74, 6) is 0. The Labute approximate surface area is 114 Å². The Morgan fingerprint density at radius 1 is 1.53 bits per heavy atom. The summed E-state index contributed by atoms with van der Waals surface area (Å²) in [5.41, 5.74) is 7.33. The molecule has 1 saturated carbocycles. The molecule has 1 aliphatic heterocycles. The number of nitrogens with two attached hydrogens (primary N) is 1. The van der Waals surface area contributed by atoms with Gasteiger partial charge in [0.25, 0.3) is 0 Å². The Morgan fingerprint density at radius 2 is 2.37 bits per heavy atom. The van der Waals surface area contributed by atoms with Crippen LogP contribution in [0.4, 0.5) is 0 Å². The Kier molecular flexibility index (Phi) is 3.86. The van der Waals surface area contributed by atoms with Gasteiger partial charge in [-0.15, -0.1) is 0 Å². The van der Waals surface area contributed by atoms with Crippen molar-refractivity contribution >= 4 is 0 Å². The summed E-state index contributed by atoms with van der Waals surface area (Å²) in [6.45, 7) is 5.66. The third kappa shape index (κ3) is 2.83. The highest BCUT2D eigenvalue weighted by atomic mass is 16.5. The van der Waals surface area contributed by atoms with Gasteiger partial charge in [0, 0.05) is 38.5 Å². The second-order valence-corrected chi connectivity index (χ2v) is 5.74. The van der Waals surface area contributed by atoms with Gasteiger partial charge in [-0.1, -0.05) is 0 Å². The van der Waals surface area contributed by atoms with Crippen LogP contribution in [0.5, 0.6) is 0 Å². The smallest absolute Gasteiger partial charge is 0.0951 e. The van der Waals surface area contributed by atoms with Gasteiger partial charge in [-0.2, -0.15) is 0 Å². The van der Waals surface area contributed by atoms with Crippen LogP contribution in [0.1, 0.15) is 44.0 Å². The zero-order chi connectivity index (χ0) is 13.2. The first-order valence-electron chi connectivity index (χ1n) is 7.37. The first-order chi connectivity index (χ1) is 9.29. The number of rotatable bonds is 4. The fourth-order valence-electron chi connectivity index (χ4n) is 3.00. The number of nitrogens with zero attached hydrogens (tertiary/aromatic N) is 3. The molecule has 1 aliphatic carbocycles. The predicted octanol–water partition coefficient (Wildman–Crippen LogP) is 1.33. The average Bonchev–Trinajstić information content (AvgIpc) is 3.17. The molecule has 1 aromatic heterocycles. The van der Waals surface area contributed by atoms with E-state index in [4.69, 9.17) is 10.5 Å². The Bertz CT molecular complexity index is 415. The van der Waals surface area contributed by atoms with Crippen molar-refractivity contribution in [3.8, 4) is 0 Å². The fourth-order valence-corrected chi connectivity index (χ4v) is 3.00. The molecule has 2 N–H and O–H groups in total. The molecule has 0 radical (unpaired) electrons. The van der Waals surface area contributed by atoms with E-state index in [2.05, 4.69) is 21.4 Å². The van der Waals surface area contributed by atoms with Gasteiger partial charge in [0.1, 0.15) is 0 Å². The molecule has 3 rings (SSSR count). The van der Waals surface area contributed by atoms with Crippen molar-refractivity contribution in [1.82, 2.24) is 14.5 Å². The van der Waals surface area contributed by atoms with Crippen molar-refractivity contribution in [2.24, 2.45) is 5.73 Å². The summed E-state index contributed by atoms with van der Waals surface area (Å²) in [6, 6.07) is 0.930. The molecule has 5 heteroatoms. The van der Waals surface area contributed by atoms with Crippen molar-refractivity contribution in [3.63, 3.8) is 0 Å². The number of ether oxygens (including phenoxy) is 1. The number of hydrogen-bond donors (Lipinski definition) is 1. The standard InChI is InChI=1S/C14H24N4O/c1-11-9-17(5-2-6-19-11)13(7-15)14-8-16-10-18(14)12-3-4-12/h8,10-13H,2-7,9,15H2,1H3. The number of imidazole rings is 1. The van der Waals surface area contributed by atoms with E-state index < -0.39 is 0 Å². The van der Waals surface area contributed by atoms with Crippen molar-refractivity contribution in [2.45, 2.75) is 44.4 Å². The van der Waals surface area contributed by atoms with Gasteiger partial charge in [0.15, 0.2) is 0 Å². The molecule has 2 atom stereocenters. The van der Waals surface area contributed by atoms with E-state index in [-0.39, 0.29) is 12.1 Å². The van der Waals surface area contributed by atoms with Gasteiger partial charge >= 0.3 is 0 Å².